The fraction of sp³-hybridized carbons (Fsp3) is 0.571. The highest BCUT2D eigenvalue weighted by Gasteiger charge is 2.18. The molecular formula is C21H34N4O2S. The van der Waals surface area contributed by atoms with Gasteiger partial charge >= 0.3 is 5.97 Å². The molecule has 3 rings (SSSR count). The van der Waals surface area contributed by atoms with Crippen LogP contribution in [0.2, 0.25) is 0 Å². The molecule has 0 aromatic heterocycles. The van der Waals surface area contributed by atoms with Gasteiger partial charge in [0.15, 0.2) is 5.70 Å². The minimum Gasteiger partial charge on any atom is -0.476 e. The third-order valence-electron chi connectivity index (χ3n) is 5.26. The number of carboxylic acid groups (broad SMARTS) is 1. The minimum absolute atomic E-state index is 0.106. The Labute approximate surface area is 172 Å². The summed E-state index contributed by atoms with van der Waals surface area (Å²) in [7, 11) is 0. The standard InChI is InChI=1S/C12H17N.C9H17N3O2S/c1-11-7-3-4-8-12(11)13-9-5-2-6-10-13;10-8(7(12-11)9(13)14)15-6-4-2-1-3-5-6/h3-4,7-8H,2,5-6,9-10H2,1H3;6,12H,1-5,10-11H2,(H,13,14)/b;8-7+. The van der Waals surface area contributed by atoms with E-state index in [2.05, 4.69) is 41.5 Å². The number of nitrogens with one attached hydrogen (secondary N) is 1. The molecule has 0 radical (unpaired) electrons. The van der Waals surface area contributed by atoms with Crippen molar-refractivity contribution in [2.75, 3.05) is 18.0 Å². The van der Waals surface area contributed by atoms with Crippen molar-refractivity contribution in [3.8, 4) is 0 Å². The average Bonchev–Trinajstić information content (AvgIpc) is 2.70. The number of para-hydroxylation sites is 1. The molecule has 1 aromatic rings. The van der Waals surface area contributed by atoms with Crippen molar-refractivity contribution >= 4 is 23.4 Å². The first kappa shape index (κ1) is 22.4. The monoisotopic (exact) mass is 406 g/mol. The van der Waals surface area contributed by atoms with Crippen LogP contribution in [-0.2, 0) is 4.79 Å². The predicted octanol–water partition coefficient (Wildman–Crippen LogP) is 3.71. The number of hydrazine groups is 1. The molecule has 1 aliphatic carbocycles. The second kappa shape index (κ2) is 11.9. The summed E-state index contributed by atoms with van der Waals surface area (Å²) < 4.78 is 0. The number of hydrogen-bond acceptors (Lipinski definition) is 6. The predicted molar refractivity (Wildman–Crippen MR) is 118 cm³/mol. The maximum absolute atomic E-state index is 10.7. The first-order chi connectivity index (χ1) is 13.5. The first-order valence-electron chi connectivity index (χ1n) is 10.2. The van der Waals surface area contributed by atoms with E-state index < -0.39 is 5.97 Å². The number of nitrogens with two attached hydrogens (primary N) is 2. The zero-order valence-electron chi connectivity index (χ0n) is 16.8. The molecule has 0 bridgehead atoms. The van der Waals surface area contributed by atoms with E-state index >= 15 is 0 Å². The molecule has 1 aromatic carbocycles. The Morgan fingerprint density at radius 3 is 2.29 bits per heavy atom. The van der Waals surface area contributed by atoms with Crippen molar-refractivity contribution in [1.29, 1.82) is 0 Å². The Balaban J connectivity index is 0.000000202. The zero-order chi connectivity index (χ0) is 20.4. The zero-order valence-corrected chi connectivity index (χ0v) is 17.6. The number of nitrogens with zero attached hydrogens (tertiary/aromatic N) is 1. The van der Waals surface area contributed by atoms with Crippen LogP contribution in [-0.4, -0.2) is 29.4 Å². The van der Waals surface area contributed by atoms with E-state index in [1.807, 2.05) is 0 Å². The van der Waals surface area contributed by atoms with Gasteiger partial charge in [0.1, 0.15) is 0 Å². The van der Waals surface area contributed by atoms with Gasteiger partial charge in [-0.2, -0.15) is 0 Å². The number of rotatable bonds is 5. The molecule has 1 aliphatic heterocycles. The van der Waals surface area contributed by atoms with Gasteiger partial charge in [-0.05, 0) is 50.7 Å². The topological polar surface area (TPSA) is 105 Å². The molecule has 7 heteroatoms. The van der Waals surface area contributed by atoms with Crippen LogP contribution in [0.15, 0.2) is 35.0 Å². The average molecular weight is 407 g/mol. The number of carboxylic acids is 1. The molecule has 1 saturated carbocycles. The van der Waals surface area contributed by atoms with Gasteiger partial charge in [-0.25, -0.2) is 4.79 Å². The molecule has 1 saturated heterocycles. The smallest absolute Gasteiger partial charge is 0.356 e. The van der Waals surface area contributed by atoms with Gasteiger partial charge < -0.3 is 21.2 Å². The van der Waals surface area contributed by atoms with E-state index in [0.29, 0.717) is 5.25 Å². The SMILES string of the molecule is Cc1ccccc1N1CCCCC1.NN/C(C(=O)O)=C(\N)SC1CCCCC1. The van der Waals surface area contributed by atoms with Gasteiger partial charge in [-0.1, -0.05) is 37.5 Å². The first-order valence-corrected chi connectivity index (χ1v) is 11.1. The summed E-state index contributed by atoms with van der Waals surface area (Å²) in [4.78, 5) is 13.2. The number of piperidine rings is 1. The van der Waals surface area contributed by atoms with Gasteiger partial charge in [-0.15, -0.1) is 11.8 Å². The van der Waals surface area contributed by atoms with Gasteiger partial charge in [0.25, 0.3) is 0 Å². The van der Waals surface area contributed by atoms with Gasteiger partial charge in [0.2, 0.25) is 0 Å². The fourth-order valence-corrected chi connectivity index (χ4v) is 4.91. The molecule has 1 heterocycles. The minimum atomic E-state index is -1.11. The van der Waals surface area contributed by atoms with Crippen LogP contribution in [0.3, 0.4) is 0 Å². The van der Waals surface area contributed by atoms with Crippen LogP contribution in [0.25, 0.3) is 0 Å². The van der Waals surface area contributed by atoms with E-state index in [1.165, 1.54) is 74.6 Å². The number of aliphatic carboxylic acids is 1. The lowest BCUT2D eigenvalue weighted by atomic mass is 10.0. The van der Waals surface area contributed by atoms with Crippen LogP contribution in [0, 0.1) is 6.92 Å². The van der Waals surface area contributed by atoms with Crippen LogP contribution < -0.4 is 21.9 Å². The Kier molecular flexibility index (Phi) is 9.50. The maximum Gasteiger partial charge on any atom is 0.356 e. The fourth-order valence-electron chi connectivity index (χ4n) is 3.71. The molecule has 0 amide bonds. The van der Waals surface area contributed by atoms with Crippen molar-refractivity contribution in [2.45, 2.75) is 63.5 Å². The largest absolute Gasteiger partial charge is 0.476 e. The van der Waals surface area contributed by atoms with Crippen molar-refractivity contribution in [3.05, 3.63) is 40.6 Å². The van der Waals surface area contributed by atoms with Crippen molar-refractivity contribution in [2.24, 2.45) is 11.6 Å². The quantitative estimate of drug-likeness (QED) is 0.336. The molecule has 0 unspecified atom stereocenters. The second-order valence-electron chi connectivity index (χ2n) is 7.40. The molecule has 6 N–H and O–H groups in total. The number of hydrogen-bond donors (Lipinski definition) is 4. The van der Waals surface area contributed by atoms with E-state index in [-0.39, 0.29) is 10.7 Å². The van der Waals surface area contributed by atoms with Crippen LogP contribution in [0.1, 0.15) is 56.9 Å². The highest BCUT2D eigenvalue weighted by Crippen LogP contribution is 2.31. The lowest BCUT2D eigenvalue weighted by Crippen LogP contribution is -2.30. The Hall–Kier alpha value is -1.86. The molecule has 2 fully saturated rings. The van der Waals surface area contributed by atoms with Crippen LogP contribution in [0.5, 0.6) is 0 Å². The molecule has 156 valence electrons. The van der Waals surface area contributed by atoms with Crippen molar-refractivity contribution in [3.63, 3.8) is 0 Å². The molecule has 2 aliphatic rings. The molecule has 28 heavy (non-hydrogen) atoms. The molecular weight excluding hydrogens is 372 g/mol. The van der Waals surface area contributed by atoms with E-state index in [9.17, 15) is 4.79 Å². The molecule has 0 spiro atoms. The van der Waals surface area contributed by atoms with E-state index in [4.69, 9.17) is 16.7 Å². The highest BCUT2D eigenvalue weighted by molar-refractivity contribution is 8.03. The van der Waals surface area contributed by atoms with Crippen LogP contribution >= 0.6 is 11.8 Å². The third-order valence-corrected chi connectivity index (χ3v) is 6.53. The summed E-state index contributed by atoms with van der Waals surface area (Å²) in [5.74, 6) is 3.99. The van der Waals surface area contributed by atoms with Gasteiger partial charge in [-0.3, -0.25) is 5.84 Å². The Morgan fingerprint density at radius 2 is 1.71 bits per heavy atom. The van der Waals surface area contributed by atoms with Crippen molar-refractivity contribution in [1.82, 2.24) is 5.43 Å². The number of thioether (sulfide) groups is 1. The second-order valence-corrected chi connectivity index (χ2v) is 8.74. The summed E-state index contributed by atoms with van der Waals surface area (Å²) >= 11 is 1.42. The lowest BCUT2D eigenvalue weighted by Gasteiger charge is -2.30. The van der Waals surface area contributed by atoms with Gasteiger partial charge in [0.05, 0.1) is 5.03 Å². The molecule has 0 atom stereocenters. The summed E-state index contributed by atoms with van der Waals surface area (Å²) in [5, 5.41) is 9.49. The Morgan fingerprint density at radius 1 is 1.11 bits per heavy atom. The maximum atomic E-state index is 10.7. The third kappa shape index (κ3) is 6.95. The van der Waals surface area contributed by atoms with Crippen molar-refractivity contribution < 1.29 is 9.90 Å². The number of aryl methyl sites for hydroxylation is 1. The summed E-state index contributed by atoms with van der Waals surface area (Å²) in [6.07, 6.45) is 9.98. The van der Waals surface area contributed by atoms with E-state index in [0.717, 1.165) is 12.8 Å². The highest BCUT2D eigenvalue weighted by atomic mass is 32.2. The van der Waals surface area contributed by atoms with Gasteiger partial charge in [0, 0.05) is 24.0 Å². The van der Waals surface area contributed by atoms with E-state index in [1.54, 1.807) is 0 Å². The number of anilines is 1. The number of benzene rings is 1. The normalized spacial score (nSPS) is 18.6. The summed E-state index contributed by atoms with van der Waals surface area (Å²) in [5.41, 5.74) is 10.5. The molecule has 6 nitrogen and oxygen atoms in total. The Bertz CT molecular complexity index is 654. The summed E-state index contributed by atoms with van der Waals surface area (Å²) in [6, 6.07) is 8.68. The van der Waals surface area contributed by atoms with Crippen LogP contribution in [0.4, 0.5) is 5.69 Å². The summed E-state index contributed by atoms with van der Waals surface area (Å²) in [6.45, 7) is 4.68. The lowest BCUT2D eigenvalue weighted by molar-refractivity contribution is -0.133. The number of carbonyl (C=O) groups is 1.